The first-order chi connectivity index (χ1) is 13.1. The lowest BCUT2D eigenvalue weighted by Crippen LogP contribution is -2.50. The van der Waals surface area contributed by atoms with E-state index in [2.05, 4.69) is 10.6 Å². The maximum atomic E-state index is 12.4. The number of rotatable bonds is 7. The number of urea groups is 1. The number of hydrogen-bond acceptors (Lipinski definition) is 3. The van der Waals surface area contributed by atoms with Crippen molar-refractivity contribution in [1.82, 2.24) is 10.6 Å². The van der Waals surface area contributed by atoms with Crippen molar-refractivity contribution in [1.29, 1.82) is 0 Å². The van der Waals surface area contributed by atoms with E-state index >= 15 is 0 Å². The lowest BCUT2D eigenvalue weighted by atomic mass is 10.0. The van der Waals surface area contributed by atoms with Crippen molar-refractivity contribution in [3.8, 4) is 5.75 Å². The molecule has 0 bridgehead atoms. The van der Waals surface area contributed by atoms with Crippen LogP contribution >= 0.6 is 0 Å². The summed E-state index contributed by atoms with van der Waals surface area (Å²) in [5, 5.41) is 14.8. The summed E-state index contributed by atoms with van der Waals surface area (Å²) in [5.74, 6) is -0.00747. The number of carbonyl (C=O) groups is 2. The van der Waals surface area contributed by atoms with Crippen molar-refractivity contribution in [3.63, 3.8) is 0 Å². The summed E-state index contributed by atoms with van der Waals surface area (Å²) in [5.41, 5.74) is 2.13. The average Bonchev–Trinajstić information content (AvgIpc) is 2.67. The highest BCUT2D eigenvalue weighted by Crippen LogP contribution is 2.23. The van der Waals surface area contributed by atoms with Crippen LogP contribution in [0.25, 0.3) is 0 Å². The summed E-state index contributed by atoms with van der Waals surface area (Å²) in [6.45, 7) is 0.420. The third-order valence-electron chi connectivity index (χ3n) is 4.58. The Hall–Kier alpha value is -3.02. The lowest BCUT2D eigenvalue weighted by molar-refractivity contribution is -0.137. The van der Waals surface area contributed by atoms with E-state index in [1.807, 2.05) is 54.6 Å². The quantitative estimate of drug-likeness (QED) is 0.701. The van der Waals surface area contributed by atoms with Gasteiger partial charge in [0, 0.05) is 12.5 Å². The van der Waals surface area contributed by atoms with Crippen LogP contribution in [0, 0.1) is 0 Å². The smallest absolute Gasteiger partial charge is 0.315 e. The molecule has 0 spiro atoms. The molecule has 1 aliphatic rings. The number of aliphatic carboxylic acids is 1. The van der Waals surface area contributed by atoms with Gasteiger partial charge in [-0.15, -0.1) is 0 Å². The first kappa shape index (κ1) is 18.8. The zero-order chi connectivity index (χ0) is 19.1. The van der Waals surface area contributed by atoms with Crippen LogP contribution in [0.15, 0.2) is 54.6 Å². The second-order valence-corrected chi connectivity index (χ2v) is 6.76. The monoisotopic (exact) mass is 368 g/mol. The van der Waals surface area contributed by atoms with Gasteiger partial charge in [-0.3, -0.25) is 4.79 Å². The van der Waals surface area contributed by atoms with Gasteiger partial charge >= 0.3 is 12.0 Å². The summed E-state index contributed by atoms with van der Waals surface area (Å²) in [7, 11) is 0. The second-order valence-electron chi connectivity index (χ2n) is 6.76. The van der Waals surface area contributed by atoms with Crippen molar-refractivity contribution in [2.24, 2.45) is 0 Å². The number of hydrogen-bond donors (Lipinski definition) is 3. The summed E-state index contributed by atoms with van der Waals surface area (Å²) in [6, 6.07) is 16.9. The zero-order valence-corrected chi connectivity index (χ0v) is 15.1. The highest BCUT2D eigenvalue weighted by Gasteiger charge is 2.22. The molecule has 2 amide bonds. The summed E-state index contributed by atoms with van der Waals surface area (Å²) >= 11 is 0. The maximum absolute atomic E-state index is 12.4. The summed E-state index contributed by atoms with van der Waals surface area (Å²) in [6.07, 6.45) is 1.69. The van der Waals surface area contributed by atoms with Gasteiger partial charge in [0.1, 0.15) is 12.4 Å². The topological polar surface area (TPSA) is 87.7 Å². The highest BCUT2D eigenvalue weighted by atomic mass is 16.5. The van der Waals surface area contributed by atoms with Gasteiger partial charge in [-0.05, 0) is 36.5 Å². The molecule has 3 rings (SSSR count). The molecule has 2 atom stereocenters. The summed E-state index contributed by atoms with van der Waals surface area (Å²) < 4.78 is 5.70. The van der Waals surface area contributed by atoms with Crippen molar-refractivity contribution in [3.05, 3.63) is 65.7 Å². The number of amides is 2. The van der Waals surface area contributed by atoms with Crippen LogP contribution in [-0.2, 0) is 17.6 Å². The minimum absolute atomic E-state index is 0.0116. The molecular formula is C21H24N2O4. The van der Waals surface area contributed by atoms with Crippen LogP contribution in [0.3, 0.4) is 0 Å². The van der Waals surface area contributed by atoms with E-state index in [0.29, 0.717) is 25.9 Å². The van der Waals surface area contributed by atoms with Crippen LogP contribution in [0.5, 0.6) is 5.75 Å². The second kappa shape index (κ2) is 9.07. The third kappa shape index (κ3) is 5.74. The Morgan fingerprint density at radius 3 is 2.63 bits per heavy atom. The van der Waals surface area contributed by atoms with Gasteiger partial charge in [-0.1, -0.05) is 48.5 Å². The van der Waals surface area contributed by atoms with E-state index in [0.717, 1.165) is 16.9 Å². The Morgan fingerprint density at radius 1 is 1.11 bits per heavy atom. The molecule has 0 saturated heterocycles. The molecule has 2 aromatic carbocycles. The fourth-order valence-corrected chi connectivity index (χ4v) is 3.25. The molecule has 2 aromatic rings. The van der Waals surface area contributed by atoms with Gasteiger partial charge in [0.2, 0.25) is 0 Å². The van der Waals surface area contributed by atoms with Gasteiger partial charge in [0.25, 0.3) is 0 Å². The Morgan fingerprint density at radius 2 is 1.85 bits per heavy atom. The molecule has 0 aromatic heterocycles. The van der Waals surface area contributed by atoms with Crippen LogP contribution in [-0.4, -0.2) is 35.8 Å². The Kier molecular flexibility index (Phi) is 6.30. The van der Waals surface area contributed by atoms with Crippen LogP contribution in [0.1, 0.15) is 24.0 Å². The van der Waals surface area contributed by atoms with Crippen molar-refractivity contribution >= 4 is 12.0 Å². The average molecular weight is 368 g/mol. The van der Waals surface area contributed by atoms with Gasteiger partial charge in [-0.25, -0.2) is 4.79 Å². The van der Waals surface area contributed by atoms with E-state index in [-0.39, 0.29) is 24.5 Å². The Balaban J connectivity index is 1.56. The number of para-hydroxylation sites is 1. The SMILES string of the molecule is O=C(O)CCC(Cc1ccccc1)NC(=O)NC1COc2ccccc2C1. The van der Waals surface area contributed by atoms with Gasteiger partial charge < -0.3 is 20.5 Å². The van der Waals surface area contributed by atoms with E-state index < -0.39 is 5.97 Å². The van der Waals surface area contributed by atoms with Crippen molar-refractivity contribution in [2.45, 2.75) is 37.8 Å². The maximum Gasteiger partial charge on any atom is 0.315 e. The van der Waals surface area contributed by atoms with Crippen molar-refractivity contribution in [2.75, 3.05) is 6.61 Å². The fraction of sp³-hybridized carbons (Fsp3) is 0.333. The zero-order valence-electron chi connectivity index (χ0n) is 15.1. The minimum Gasteiger partial charge on any atom is -0.491 e. The van der Waals surface area contributed by atoms with Crippen LogP contribution in [0.4, 0.5) is 4.79 Å². The number of carboxylic acid groups (broad SMARTS) is 1. The molecule has 27 heavy (non-hydrogen) atoms. The molecular weight excluding hydrogens is 344 g/mol. The van der Waals surface area contributed by atoms with E-state index in [1.165, 1.54) is 0 Å². The molecule has 0 saturated carbocycles. The number of carboxylic acids is 1. The van der Waals surface area contributed by atoms with Crippen LogP contribution < -0.4 is 15.4 Å². The molecule has 0 radical (unpaired) electrons. The Bertz CT molecular complexity index is 779. The third-order valence-corrected chi connectivity index (χ3v) is 4.58. The predicted octanol–water partition coefficient (Wildman–Crippen LogP) is 2.77. The van der Waals surface area contributed by atoms with E-state index in [1.54, 1.807) is 0 Å². The molecule has 6 heteroatoms. The molecule has 0 aliphatic carbocycles. The molecule has 6 nitrogen and oxygen atoms in total. The van der Waals surface area contributed by atoms with Crippen molar-refractivity contribution < 1.29 is 19.4 Å². The first-order valence-electron chi connectivity index (χ1n) is 9.13. The predicted molar refractivity (Wildman–Crippen MR) is 102 cm³/mol. The van der Waals surface area contributed by atoms with Gasteiger partial charge in [-0.2, -0.15) is 0 Å². The number of nitrogens with one attached hydrogen (secondary N) is 2. The minimum atomic E-state index is -0.868. The normalized spacial score (nSPS) is 16.5. The molecule has 0 fully saturated rings. The van der Waals surface area contributed by atoms with E-state index in [9.17, 15) is 9.59 Å². The largest absolute Gasteiger partial charge is 0.491 e. The number of carbonyl (C=O) groups excluding carboxylic acids is 1. The summed E-state index contributed by atoms with van der Waals surface area (Å²) in [4.78, 5) is 23.4. The standard InChI is InChI=1S/C21H24N2O4/c24-20(25)11-10-17(12-15-6-2-1-3-7-15)22-21(26)23-18-13-16-8-4-5-9-19(16)27-14-18/h1-9,17-18H,10-14H2,(H,24,25)(H2,22,23,26). The highest BCUT2D eigenvalue weighted by molar-refractivity contribution is 5.75. The fourth-order valence-electron chi connectivity index (χ4n) is 3.25. The lowest BCUT2D eigenvalue weighted by Gasteiger charge is -2.27. The first-order valence-corrected chi connectivity index (χ1v) is 9.13. The molecule has 3 N–H and O–H groups in total. The Labute approximate surface area is 158 Å². The van der Waals surface area contributed by atoms with Gasteiger partial charge in [0.15, 0.2) is 0 Å². The van der Waals surface area contributed by atoms with Crippen LogP contribution in [0.2, 0.25) is 0 Å². The number of ether oxygens (including phenoxy) is 1. The molecule has 142 valence electrons. The van der Waals surface area contributed by atoms with Gasteiger partial charge in [0.05, 0.1) is 6.04 Å². The van der Waals surface area contributed by atoms with E-state index in [4.69, 9.17) is 9.84 Å². The molecule has 1 heterocycles. The molecule has 1 aliphatic heterocycles. The molecule has 2 unspecified atom stereocenters. The number of fused-ring (bicyclic) bond motifs is 1. The number of benzene rings is 2.